The van der Waals surface area contributed by atoms with Crippen molar-refractivity contribution in [3.8, 4) is 0 Å². The summed E-state index contributed by atoms with van der Waals surface area (Å²) >= 11 is 0. The zero-order valence-electron chi connectivity index (χ0n) is 11.9. The van der Waals surface area contributed by atoms with Gasteiger partial charge in [-0.25, -0.2) is 14.1 Å². The van der Waals surface area contributed by atoms with Crippen LogP contribution in [0, 0.1) is 5.82 Å². The Bertz CT molecular complexity index is 963. The number of amides is 1. The van der Waals surface area contributed by atoms with Crippen LogP contribution in [0.2, 0.25) is 0 Å². The summed E-state index contributed by atoms with van der Waals surface area (Å²) in [5.41, 5.74) is 3.14. The van der Waals surface area contributed by atoms with Crippen molar-refractivity contribution in [2.75, 3.05) is 5.43 Å². The maximum atomic E-state index is 13.1. The summed E-state index contributed by atoms with van der Waals surface area (Å²) < 4.78 is 14.1. The third kappa shape index (κ3) is 3.32. The molecule has 3 aromatic rings. The van der Waals surface area contributed by atoms with Crippen molar-refractivity contribution in [2.45, 2.75) is 0 Å². The number of carbonyl (C=O) groups is 1. The van der Waals surface area contributed by atoms with Gasteiger partial charge in [-0.3, -0.25) is 15.0 Å². The maximum Gasteiger partial charge on any atom is 0.280 e. The van der Waals surface area contributed by atoms with Gasteiger partial charge in [0.15, 0.2) is 0 Å². The van der Waals surface area contributed by atoms with Crippen LogP contribution in [0.1, 0.15) is 5.56 Å². The number of aromatic nitrogens is 2. The minimum atomic E-state index is -0.520. The molecule has 0 atom stereocenters. The zero-order chi connectivity index (χ0) is 16.2. The van der Waals surface area contributed by atoms with E-state index in [1.165, 1.54) is 30.6 Å². The van der Waals surface area contributed by atoms with Crippen LogP contribution in [-0.4, -0.2) is 15.6 Å². The molecule has 23 heavy (non-hydrogen) atoms. The summed E-state index contributed by atoms with van der Waals surface area (Å²) in [6, 6.07) is 12.7. The minimum absolute atomic E-state index is 0.372. The average molecular weight is 309 g/mol. The summed E-state index contributed by atoms with van der Waals surface area (Å²) in [5, 5.41) is 0.407. The smallest absolute Gasteiger partial charge is 0.268 e. The summed E-state index contributed by atoms with van der Waals surface area (Å²) in [6.45, 7) is 0. The largest absolute Gasteiger partial charge is 0.280 e. The fourth-order valence-electron chi connectivity index (χ4n) is 2.09. The second-order valence-electron chi connectivity index (χ2n) is 4.80. The Morgan fingerprint density at radius 2 is 2.00 bits per heavy atom. The summed E-state index contributed by atoms with van der Waals surface area (Å²) in [7, 11) is 0. The predicted molar refractivity (Wildman–Crippen MR) is 85.8 cm³/mol. The number of nitrogens with one attached hydrogen (secondary N) is 1. The number of carbonyl (C=O) groups excluding carboxylic acids is 1. The van der Waals surface area contributed by atoms with Crippen molar-refractivity contribution in [3.05, 3.63) is 82.7 Å². The second kappa shape index (κ2) is 6.23. The first kappa shape index (κ1) is 14.6. The van der Waals surface area contributed by atoms with E-state index in [1.807, 2.05) is 0 Å². The van der Waals surface area contributed by atoms with Gasteiger partial charge in [0.1, 0.15) is 12.1 Å². The molecule has 1 heterocycles. The predicted octanol–water partition coefficient (Wildman–Crippen LogP) is 2.32. The van der Waals surface area contributed by atoms with E-state index in [9.17, 15) is 14.0 Å². The number of halogens is 1. The van der Waals surface area contributed by atoms with Gasteiger partial charge in [0.2, 0.25) is 0 Å². The van der Waals surface area contributed by atoms with Crippen molar-refractivity contribution >= 4 is 22.9 Å². The molecule has 6 heteroatoms. The molecule has 0 saturated carbocycles. The van der Waals surface area contributed by atoms with Gasteiger partial charge in [-0.2, -0.15) is 0 Å². The number of para-hydroxylation sites is 1. The summed E-state index contributed by atoms with van der Waals surface area (Å²) in [4.78, 5) is 28.2. The molecule has 3 rings (SSSR count). The van der Waals surface area contributed by atoms with Gasteiger partial charge in [0.05, 0.1) is 10.9 Å². The van der Waals surface area contributed by atoms with Crippen LogP contribution >= 0.6 is 0 Å². The number of hydrogen-bond acceptors (Lipinski definition) is 3. The lowest BCUT2D eigenvalue weighted by Gasteiger charge is -2.06. The molecule has 0 unspecified atom stereocenters. The number of rotatable bonds is 3. The quantitative estimate of drug-likeness (QED) is 0.755. The molecule has 0 spiro atoms. The maximum absolute atomic E-state index is 13.1. The number of nitrogens with zero attached hydrogens (tertiary/aromatic N) is 2. The third-order valence-corrected chi connectivity index (χ3v) is 3.17. The normalized spacial score (nSPS) is 11.0. The van der Waals surface area contributed by atoms with Crippen LogP contribution in [0.4, 0.5) is 4.39 Å². The molecule has 0 saturated heterocycles. The van der Waals surface area contributed by atoms with E-state index in [1.54, 1.807) is 36.4 Å². The lowest BCUT2D eigenvalue weighted by atomic mass is 10.2. The van der Waals surface area contributed by atoms with E-state index >= 15 is 0 Å². The first-order valence-corrected chi connectivity index (χ1v) is 6.84. The second-order valence-corrected chi connectivity index (χ2v) is 4.80. The van der Waals surface area contributed by atoms with E-state index < -0.39 is 5.91 Å². The van der Waals surface area contributed by atoms with E-state index in [0.29, 0.717) is 16.5 Å². The highest BCUT2D eigenvalue weighted by atomic mass is 19.1. The molecule has 0 aliphatic carbocycles. The Kier molecular flexibility index (Phi) is 3.97. The lowest BCUT2D eigenvalue weighted by Crippen LogP contribution is -2.32. The van der Waals surface area contributed by atoms with Crippen molar-refractivity contribution in [1.29, 1.82) is 0 Å². The van der Waals surface area contributed by atoms with E-state index in [-0.39, 0.29) is 11.4 Å². The minimum Gasteiger partial charge on any atom is -0.268 e. The summed E-state index contributed by atoms with van der Waals surface area (Å²) in [6.07, 6.45) is 3.92. The van der Waals surface area contributed by atoms with Gasteiger partial charge in [0.25, 0.3) is 11.5 Å². The Labute approximate surface area is 130 Å². The molecule has 5 nitrogen and oxygen atoms in total. The van der Waals surface area contributed by atoms with Crippen LogP contribution in [0.15, 0.2) is 65.7 Å². The molecule has 2 aromatic carbocycles. The van der Waals surface area contributed by atoms with Crippen LogP contribution < -0.4 is 11.0 Å². The van der Waals surface area contributed by atoms with Crippen LogP contribution in [-0.2, 0) is 4.79 Å². The molecule has 1 amide bonds. The Hall–Kier alpha value is -3.28. The Morgan fingerprint density at radius 1 is 1.17 bits per heavy atom. The molecule has 0 aliphatic heterocycles. The summed E-state index contributed by atoms with van der Waals surface area (Å²) in [5.74, 6) is -0.907. The van der Waals surface area contributed by atoms with Crippen LogP contribution in [0.25, 0.3) is 17.0 Å². The molecule has 0 radical (unpaired) electrons. The average Bonchev–Trinajstić information content (AvgIpc) is 2.56. The number of hydrogen-bond donors (Lipinski definition) is 1. The van der Waals surface area contributed by atoms with Crippen molar-refractivity contribution in [2.24, 2.45) is 0 Å². The van der Waals surface area contributed by atoms with E-state index in [2.05, 4.69) is 10.4 Å². The first-order chi connectivity index (χ1) is 11.1. The number of fused-ring (bicyclic) bond motifs is 1. The highest BCUT2D eigenvalue weighted by Crippen LogP contribution is 2.06. The SMILES string of the molecule is O=C(/C=C/c1cccc(F)c1)Nn1cnc2ccccc2c1=O. The van der Waals surface area contributed by atoms with Crippen LogP contribution in [0.3, 0.4) is 0 Å². The van der Waals surface area contributed by atoms with Crippen molar-refractivity contribution < 1.29 is 9.18 Å². The molecule has 0 fully saturated rings. The lowest BCUT2D eigenvalue weighted by molar-refractivity contribution is -0.112. The van der Waals surface area contributed by atoms with Gasteiger partial charge in [-0.1, -0.05) is 24.3 Å². The van der Waals surface area contributed by atoms with Crippen molar-refractivity contribution in [3.63, 3.8) is 0 Å². The van der Waals surface area contributed by atoms with Gasteiger partial charge >= 0.3 is 0 Å². The third-order valence-electron chi connectivity index (χ3n) is 3.17. The zero-order valence-corrected chi connectivity index (χ0v) is 11.9. The molecular weight excluding hydrogens is 297 g/mol. The van der Waals surface area contributed by atoms with Crippen molar-refractivity contribution in [1.82, 2.24) is 9.66 Å². The van der Waals surface area contributed by atoms with E-state index in [4.69, 9.17) is 0 Å². The van der Waals surface area contributed by atoms with Gasteiger partial charge in [0, 0.05) is 6.08 Å². The van der Waals surface area contributed by atoms with Gasteiger partial charge in [-0.15, -0.1) is 0 Å². The first-order valence-electron chi connectivity index (χ1n) is 6.84. The molecule has 0 bridgehead atoms. The van der Waals surface area contributed by atoms with Gasteiger partial charge in [-0.05, 0) is 35.9 Å². The topological polar surface area (TPSA) is 64.0 Å². The number of benzene rings is 2. The standard InChI is InChI=1S/C17H12FN3O2/c18-13-5-3-4-12(10-13)8-9-16(22)20-21-11-19-15-7-2-1-6-14(15)17(21)23/h1-11H,(H,20,22)/b9-8+. The molecule has 1 aromatic heterocycles. The molecule has 0 aliphatic rings. The fourth-order valence-corrected chi connectivity index (χ4v) is 2.09. The van der Waals surface area contributed by atoms with Crippen LogP contribution in [0.5, 0.6) is 0 Å². The van der Waals surface area contributed by atoms with Gasteiger partial charge < -0.3 is 0 Å². The van der Waals surface area contributed by atoms with E-state index in [0.717, 1.165) is 4.68 Å². The highest BCUT2D eigenvalue weighted by Gasteiger charge is 2.04. The fraction of sp³-hybridized carbons (Fsp3) is 0. The molecule has 1 N–H and O–H groups in total. The highest BCUT2D eigenvalue weighted by molar-refractivity contribution is 5.97. The molecular formula is C17H12FN3O2. The Balaban J connectivity index is 1.80. The molecule has 114 valence electrons. The Morgan fingerprint density at radius 3 is 2.83 bits per heavy atom. The monoisotopic (exact) mass is 309 g/mol.